The number of rotatable bonds is 5. The van der Waals surface area contributed by atoms with Gasteiger partial charge in [-0.3, -0.25) is 9.78 Å². The van der Waals surface area contributed by atoms with Crippen LogP contribution in [-0.2, 0) is 11.2 Å². The molecular formula is C13H16F2N2O2. The van der Waals surface area contributed by atoms with Crippen LogP contribution in [0, 0.1) is 0 Å². The van der Waals surface area contributed by atoms with E-state index in [9.17, 15) is 18.7 Å². The van der Waals surface area contributed by atoms with E-state index in [4.69, 9.17) is 0 Å². The van der Waals surface area contributed by atoms with E-state index in [1.807, 2.05) is 0 Å². The molecule has 0 aromatic carbocycles. The molecule has 2 rings (SSSR count). The van der Waals surface area contributed by atoms with E-state index in [1.54, 1.807) is 24.4 Å². The van der Waals surface area contributed by atoms with Crippen LogP contribution >= 0.6 is 0 Å². The molecule has 1 saturated carbocycles. The first-order valence-corrected chi connectivity index (χ1v) is 6.24. The van der Waals surface area contributed by atoms with Gasteiger partial charge in [-0.25, -0.2) is 0 Å². The molecule has 0 spiro atoms. The number of hydrogen-bond donors (Lipinski definition) is 2. The van der Waals surface area contributed by atoms with Crippen LogP contribution in [0.3, 0.4) is 0 Å². The molecule has 6 heteroatoms. The Morgan fingerprint density at radius 1 is 1.47 bits per heavy atom. The zero-order valence-electron chi connectivity index (χ0n) is 10.4. The summed E-state index contributed by atoms with van der Waals surface area (Å²) in [6.45, 7) is 0.0709. The predicted molar refractivity (Wildman–Crippen MR) is 64.7 cm³/mol. The summed E-state index contributed by atoms with van der Waals surface area (Å²) in [5.41, 5.74) is -1.45. The minimum Gasteiger partial charge on any atom is -0.383 e. The van der Waals surface area contributed by atoms with E-state index in [2.05, 4.69) is 10.3 Å². The Bertz CT molecular complexity index is 447. The Morgan fingerprint density at radius 2 is 2.21 bits per heavy atom. The molecular weight excluding hydrogens is 254 g/mol. The molecule has 2 N–H and O–H groups in total. The average molecular weight is 270 g/mol. The summed E-state index contributed by atoms with van der Waals surface area (Å²) in [5.74, 6) is -5.14. The molecule has 1 aromatic heterocycles. The van der Waals surface area contributed by atoms with Gasteiger partial charge in [-0.15, -0.1) is 0 Å². The highest BCUT2D eigenvalue weighted by Crippen LogP contribution is 2.44. The molecule has 0 bridgehead atoms. The number of nitrogens with zero attached hydrogens (tertiary/aromatic N) is 1. The molecule has 4 nitrogen and oxygen atoms in total. The lowest BCUT2D eigenvalue weighted by Crippen LogP contribution is -2.60. The first-order valence-electron chi connectivity index (χ1n) is 6.24. The van der Waals surface area contributed by atoms with Crippen LogP contribution in [0.2, 0.25) is 0 Å². The molecule has 1 fully saturated rings. The third-order valence-corrected chi connectivity index (χ3v) is 3.44. The van der Waals surface area contributed by atoms with Crippen LogP contribution < -0.4 is 5.32 Å². The van der Waals surface area contributed by atoms with Crippen molar-refractivity contribution in [3.05, 3.63) is 30.1 Å². The summed E-state index contributed by atoms with van der Waals surface area (Å²) in [6.07, 6.45) is 2.43. The molecule has 104 valence electrons. The predicted octanol–water partition coefficient (Wildman–Crippen LogP) is 1.29. The SMILES string of the molecule is O=C(NCCc1ccccn1)C(F)(F)C1(O)CCC1. The lowest BCUT2D eigenvalue weighted by Gasteiger charge is -2.41. The van der Waals surface area contributed by atoms with Crippen molar-refractivity contribution in [1.29, 1.82) is 0 Å². The lowest BCUT2D eigenvalue weighted by atomic mass is 9.75. The Morgan fingerprint density at radius 3 is 2.74 bits per heavy atom. The molecule has 0 aliphatic heterocycles. The largest absolute Gasteiger partial charge is 0.383 e. The molecule has 19 heavy (non-hydrogen) atoms. The van der Waals surface area contributed by atoms with Crippen LogP contribution in [0.15, 0.2) is 24.4 Å². The number of halogens is 2. The number of carbonyl (C=O) groups is 1. The topological polar surface area (TPSA) is 62.2 Å². The van der Waals surface area contributed by atoms with Crippen LogP contribution in [0.1, 0.15) is 25.0 Å². The first-order chi connectivity index (χ1) is 8.96. The van der Waals surface area contributed by atoms with Crippen molar-refractivity contribution in [3.63, 3.8) is 0 Å². The summed E-state index contributed by atoms with van der Waals surface area (Å²) in [6, 6.07) is 5.29. The molecule has 1 aliphatic rings. The number of nitrogens with one attached hydrogen (secondary N) is 1. The molecule has 1 amide bonds. The Hall–Kier alpha value is -1.56. The smallest absolute Gasteiger partial charge is 0.352 e. The third kappa shape index (κ3) is 2.73. The average Bonchev–Trinajstić information content (AvgIpc) is 2.36. The van der Waals surface area contributed by atoms with Crippen LogP contribution in [0.5, 0.6) is 0 Å². The highest BCUT2D eigenvalue weighted by molar-refractivity contribution is 5.85. The van der Waals surface area contributed by atoms with Gasteiger partial charge in [0.25, 0.3) is 5.91 Å². The summed E-state index contributed by atoms with van der Waals surface area (Å²) in [7, 11) is 0. The number of alkyl halides is 2. The van der Waals surface area contributed by atoms with Crippen molar-refractivity contribution in [2.24, 2.45) is 0 Å². The van der Waals surface area contributed by atoms with Gasteiger partial charge in [-0.2, -0.15) is 8.78 Å². The molecule has 0 saturated heterocycles. The second kappa shape index (κ2) is 5.21. The van der Waals surface area contributed by atoms with Gasteiger partial charge in [0.1, 0.15) is 5.60 Å². The Kier molecular flexibility index (Phi) is 3.80. The van der Waals surface area contributed by atoms with Gasteiger partial charge in [0.05, 0.1) is 0 Å². The number of aliphatic hydroxyl groups is 1. The van der Waals surface area contributed by atoms with Gasteiger partial charge in [-0.05, 0) is 31.4 Å². The molecule has 0 unspecified atom stereocenters. The fourth-order valence-corrected chi connectivity index (χ4v) is 2.00. The molecule has 1 aliphatic carbocycles. The van der Waals surface area contributed by atoms with Crippen LogP contribution in [0.4, 0.5) is 8.78 Å². The minimum atomic E-state index is -3.73. The highest BCUT2D eigenvalue weighted by Gasteiger charge is 2.60. The number of carbonyl (C=O) groups excluding carboxylic acids is 1. The summed E-state index contributed by atoms with van der Waals surface area (Å²) >= 11 is 0. The standard InChI is InChI=1S/C13H16F2N2O2/c14-13(15,12(19)6-3-7-12)11(18)17-9-5-10-4-1-2-8-16-10/h1-2,4,8,19H,3,5-7,9H2,(H,17,18). The van der Waals surface area contributed by atoms with Crippen LogP contribution in [-0.4, -0.2) is 34.1 Å². The van der Waals surface area contributed by atoms with Gasteiger partial charge in [0, 0.05) is 24.9 Å². The van der Waals surface area contributed by atoms with Crippen molar-refractivity contribution in [1.82, 2.24) is 10.3 Å². The second-order valence-electron chi connectivity index (χ2n) is 4.79. The fraction of sp³-hybridized carbons (Fsp3) is 0.538. The lowest BCUT2D eigenvalue weighted by molar-refractivity contribution is -0.215. The quantitative estimate of drug-likeness (QED) is 0.847. The van der Waals surface area contributed by atoms with Crippen molar-refractivity contribution < 1.29 is 18.7 Å². The van der Waals surface area contributed by atoms with Gasteiger partial charge in [0.2, 0.25) is 0 Å². The van der Waals surface area contributed by atoms with Crippen molar-refractivity contribution in [2.75, 3.05) is 6.54 Å². The Balaban J connectivity index is 1.84. The zero-order valence-corrected chi connectivity index (χ0v) is 10.4. The van der Waals surface area contributed by atoms with Crippen molar-refractivity contribution in [3.8, 4) is 0 Å². The number of aromatic nitrogens is 1. The molecule has 1 heterocycles. The van der Waals surface area contributed by atoms with E-state index in [0.717, 1.165) is 0 Å². The van der Waals surface area contributed by atoms with Gasteiger partial charge in [0.15, 0.2) is 0 Å². The first kappa shape index (κ1) is 13.9. The highest BCUT2D eigenvalue weighted by atomic mass is 19.3. The van der Waals surface area contributed by atoms with E-state index in [1.165, 1.54) is 0 Å². The third-order valence-electron chi connectivity index (χ3n) is 3.44. The normalized spacial score (nSPS) is 17.6. The van der Waals surface area contributed by atoms with E-state index in [0.29, 0.717) is 18.5 Å². The van der Waals surface area contributed by atoms with Gasteiger partial charge < -0.3 is 10.4 Å². The fourth-order valence-electron chi connectivity index (χ4n) is 2.00. The number of amides is 1. The molecule has 1 aromatic rings. The maximum Gasteiger partial charge on any atom is 0.352 e. The van der Waals surface area contributed by atoms with Gasteiger partial charge in [-0.1, -0.05) is 6.07 Å². The van der Waals surface area contributed by atoms with Gasteiger partial charge >= 0.3 is 5.92 Å². The maximum atomic E-state index is 13.7. The molecule has 0 atom stereocenters. The molecule has 0 radical (unpaired) electrons. The number of pyridine rings is 1. The van der Waals surface area contributed by atoms with Crippen molar-refractivity contribution >= 4 is 5.91 Å². The summed E-state index contributed by atoms with van der Waals surface area (Å²) < 4.78 is 27.4. The Labute approximate surface area is 109 Å². The number of hydrogen-bond acceptors (Lipinski definition) is 3. The maximum absolute atomic E-state index is 13.7. The van der Waals surface area contributed by atoms with E-state index < -0.39 is 17.4 Å². The summed E-state index contributed by atoms with van der Waals surface area (Å²) in [5, 5.41) is 11.8. The van der Waals surface area contributed by atoms with Crippen LogP contribution in [0.25, 0.3) is 0 Å². The van der Waals surface area contributed by atoms with E-state index >= 15 is 0 Å². The van der Waals surface area contributed by atoms with E-state index in [-0.39, 0.29) is 19.4 Å². The zero-order chi connectivity index (χ0) is 13.9. The monoisotopic (exact) mass is 270 g/mol. The van der Waals surface area contributed by atoms with Crippen molar-refractivity contribution in [2.45, 2.75) is 37.2 Å². The second-order valence-corrected chi connectivity index (χ2v) is 4.79. The minimum absolute atomic E-state index is 0.0341. The summed E-state index contributed by atoms with van der Waals surface area (Å²) in [4.78, 5) is 15.5.